The van der Waals surface area contributed by atoms with Crippen molar-refractivity contribution >= 4 is 44.9 Å². The molecule has 0 fully saturated rings. The van der Waals surface area contributed by atoms with E-state index in [0.717, 1.165) is 12.1 Å². The van der Waals surface area contributed by atoms with Crippen LogP contribution in [-0.4, -0.2) is 5.78 Å². The number of hydrogen-bond donors (Lipinski definition) is 0. The lowest BCUT2D eigenvalue weighted by Gasteiger charge is -2.11. The fourth-order valence-corrected chi connectivity index (χ4v) is 2.52. The van der Waals surface area contributed by atoms with Gasteiger partial charge in [-0.05, 0) is 45.8 Å². The maximum absolute atomic E-state index is 13.1. The number of rotatable bonds is 3. The summed E-state index contributed by atoms with van der Waals surface area (Å²) in [6.45, 7) is 0. The molecule has 106 valence electrons. The second-order valence-electron chi connectivity index (χ2n) is 4.22. The second-order valence-corrected chi connectivity index (χ2v) is 5.89. The largest absolute Gasteiger partial charge is 0.292 e. The molecule has 6 heteroatoms. The van der Waals surface area contributed by atoms with E-state index in [1.54, 1.807) is 12.1 Å². The summed E-state index contributed by atoms with van der Waals surface area (Å²) in [6.07, 6.45) is 0. The Morgan fingerprint density at radius 1 is 1.19 bits per heavy atom. The first kappa shape index (κ1) is 16.0. The van der Waals surface area contributed by atoms with Gasteiger partial charge in [0, 0.05) is 15.1 Å². The minimum atomic E-state index is -1.12. The molecule has 1 unspecified atom stereocenters. The molecule has 0 heterocycles. The standard InChI is InChI=1S/C15H7BrCl2FNO/c16-12-4-1-8(5-14(12)18)15(21)11(7-20)10-3-2-9(19)6-13(10)17/h1-6,11H. The highest BCUT2D eigenvalue weighted by molar-refractivity contribution is 9.10. The van der Waals surface area contributed by atoms with E-state index in [-0.39, 0.29) is 16.1 Å². The van der Waals surface area contributed by atoms with E-state index < -0.39 is 17.5 Å². The lowest BCUT2D eigenvalue weighted by Crippen LogP contribution is -2.12. The molecular formula is C15H7BrCl2FNO. The van der Waals surface area contributed by atoms with Crippen LogP contribution in [0, 0.1) is 17.1 Å². The minimum absolute atomic E-state index is 0.0399. The summed E-state index contributed by atoms with van der Waals surface area (Å²) in [4.78, 5) is 12.4. The molecule has 0 amide bonds. The first-order chi connectivity index (χ1) is 9.93. The van der Waals surface area contributed by atoms with Crippen molar-refractivity contribution in [3.63, 3.8) is 0 Å². The summed E-state index contributed by atoms with van der Waals surface area (Å²) < 4.78 is 13.7. The maximum atomic E-state index is 13.1. The molecule has 0 saturated carbocycles. The molecule has 2 aromatic rings. The number of nitriles is 1. The average Bonchev–Trinajstić information content (AvgIpc) is 2.44. The second kappa shape index (κ2) is 6.57. The number of hydrogen-bond acceptors (Lipinski definition) is 2. The number of benzene rings is 2. The van der Waals surface area contributed by atoms with E-state index in [0.29, 0.717) is 9.50 Å². The van der Waals surface area contributed by atoms with Crippen LogP contribution >= 0.6 is 39.1 Å². The van der Waals surface area contributed by atoms with E-state index in [1.165, 1.54) is 12.1 Å². The quantitative estimate of drug-likeness (QED) is 0.664. The number of ketones is 1. The van der Waals surface area contributed by atoms with Crippen LogP contribution in [0.5, 0.6) is 0 Å². The molecule has 0 aliphatic heterocycles. The van der Waals surface area contributed by atoms with Crippen molar-refractivity contribution in [1.82, 2.24) is 0 Å². The predicted octanol–water partition coefficient (Wildman–Crippen LogP) is 5.39. The van der Waals surface area contributed by atoms with Crippen LogP contribution in [0.4, 0.5) is 4.39 Å². The van der Waals surface area contributed by atoms with Crippen molar-refractivity contribution in [3.05, 3.63) is 67.9 Å². The third kappa shape index (κ3) is 3.44. The van der Waals surface area contributed by atoms with Gasteiger partial charge >= 0.3 is 0 Å². The fourth-order valence-electron chi connectivity index (χ4n) is 1.82. The molecule has 0 aromatic heterocycles. The summed E-state index contributed by atoms with van der Waals surface area (Å²) in [5, 5.41) is 9.67. The number of Topliss-reactive ketones (excluding diaryl/α,β-unsaturated/α-hetero) is 1. The number of nitrogens with zero attached hydrogens (tertiary/aromatic N) is 1. The van der Waals surface area contributed by atoms with Crippen molar-refractivity contribution in [2.45, 2.75) is 5.92 Å². The van der Waals surface area contributed by atoms with Gasteiger partial charge in [-0.3, -0.25) is 4.79 Å². The Kier molecular flexibility index (Phi) is 5.00. The van der Waals surface area contributed by atoms with E-state index >= 15 is 0 Å². The normalized spacial score (nSPS) is 11.8. The highest BCUT2D eigenvalue weighted by Crippen LogP contribution is 2.30. The molecule has 1 atom stereocenters. The van der Waals surface area contributed by atoms with Crippen LogP contribution in [0.15, 0.2) is 40.9 Å². The SMILES string of the molecule is N#CC(C(=O)c1ccc(Br)c(Cl)c1)c1ccc(F)cc1Cl. The number of carbonyl (C=O) groups excluding carboxylic acids is 1. The van der Waals surface area contributed by atoms with E-state index in [2.05, 4.69) is 15.9 Å². The van der Waals surface area contributed by atoms with Gasteiger partial charge in [-0.1, -0.05) is 35.3 Å². The Hall–Kier alpha value is -1.41. The van der Waals surface area contributed by atoms with Crippen LogP contribution in [-0.2, 0) is 0 Å². The molecular weight excluding hydrogens is 380 g/mol. The van der Waals surface area contributed by atoms with Crippen molar-refractivity contribution in [2.75, 3.05) is 0 Å². The molecule has 0 radical (unpaired) electrons. The van der Waals surface area contributed by atoms with Crippen LogP contribution in [0.25, 0.3) is 0 Å². The molecule has 0 aliphatic carbocycles. The van der Waals surface area contributed by atoms with Gasteiger partial charge in [-0.25, -0.2) is 4.39 Å². The number of halogens is 4. The molecule has 2 rings (SSSR count). The van der Waals surface area contributed by atoms with Crippen molar-refractivity contribution in [2.24, 2.45) is 0 Å². The molecule has 21 heavy (non-hydrogen) atoms. The molecule has 2 aromatic carbocycles. The van der Waals surface area contributed by atoms with Gasteiger partial charge in [0.2, 0.25) is 0 Å². The van der Waals surface area contributed by atoms with E-state index in [4.69, 9.17) is 23.2 Å². The zero-order valence-corrected chi connectivity index (χ0v) is 13.5. The molecule has 0 saturated heterocycles. The predicted molar refractivity (Wildman–Crippen MR) is 83.2 cm³/mol. The molecule has 2 nitrogen and oxygen atoms in total. The molecule has 0 aliphatic rings. The summed E-state index contributed by atoms with van der Waals surface area (Å²) in [5.41, 5.74) is 0.555. The summed E-state index contributed by atoms with van der Waals surface area (Å²) in [6, 6.07) is 10.1. The van der Waals surface area contributed by atoms with Crippen LogP contribution in [0.3, 0.4) is 0 Å². The highest BCUT2D eigenvalue weighted by atomic mass is 79.9. The van der Waals surface area contributed by atoms with Gasteiger partial charge in [-0.2, -0.15) is 5.26 Å². The number of carbonyl (C=O) groups is 1. The van der Waals surface area contributed by atoms with Crippen molar-refractivity contribution in [1.29, 1.82) is 5.26 Å². The van der Waals surface area contributed by atoms with Gasteiger partial charge in [0.1, 0.15) is 11.7 Å². The highest BCUT2D eigenvalue weighted by Gasteiger charge is 2.24. The van der Waals surface area contributed by atoms with E-state index in [9.17, 15) is 14.4 Å². The first-order valence-corrected chi connectivity index (χ1v) is 7.32. The third-order valence-electron chi connectivity index (χ3n) is 2.87. The van der Waals surface area contributed by atoms with Crippen LogP contribution in [0.2, 0.25) is 10.0 Å². The van der Waals surface area contributed by atoms with Crippen LogP contribution in [0.1, 0.15) is 21.8 Å². The first-order valence-electron chi connectivity index (χ1n) is 5.78. The summed E-state index contributed by atoms with van der Waals surface area (Å²) in [5.74, 6) is -2.09. The van der Waals surface area contributed by atoms with Crippen molar-refractivity contribution in [3.8, 4) is 6.07 Å². The Bertz CT molecular complexity index is 758. The minimum Gasteiger partial charge on any atom is -0.292 e. The van der Waals surface area contributed by atoms with Gasteiger partial charge in [0.15, 0.2) is 5.78 Å². The van der Waals surface area contributed by atoms with Crippen LogP contribution < -0.4 is 0 Å². The molecule has 0 N–H and O–H groups in total. The van der Waals surface area contributed by atoms with Gasteiger partial charge < -0.3 is 0 Å². The maximum Gasteiger partial charge on any atom is 0.184 e. The Labute approximate surface area is 139 Å². The Morgan fingerprint density at radius 3 is 2.48 bits per heavy atom. The monoisotopic (exact) mass is 385 g/mol. The van der Waals surface area contributed by atoms with Gasteiger partial charge in [0.25, 0.3) is 0 Å². The lowest BCUT2D eigenvalue weighted by molar-refractivity contribution is 0.0979. The third-order valence-corrected chi connectivity index (χ3v) is 4.43. The summed E-state index contributed by atoms with van der Waals surface area (Å²) >= 11 is 15.1. The smallest absolute Gasteiger partial charge is 0.184 e. The van der Waals surface area contributed by atoms with E-state index in [1.807, 2.05) is 6.07 Å². The molecule has 0 bridgehead atoms. The molecule has 0 spiro atoms. The lowest BCUT2D eigenvalue weighted by atomic mass is 9.92. The van der Waals surface area contributed by atoms with Crippen molar-refractivity contribution < 1.29 is 9.18 Å². The summed E-state index contributed by atoms with van der Waals surface area (Å²) in [7, 11) is 0. The average molecular weight is 387 g/mol. The van der Waals surface area contributed by atoms with Gasteiger partial charge in [0.05, 0.1) is 11.1 Å². The Balaban J connectivity index is 2.43. The Morgan fingerprint density at radius 2 is 1.90 bits per heavy atom. The zero-order valence-electron chi connectivity index (χ0n) is 10.4. The van der Waals surface area contributed by atoms with Gasteiger partial charge in [-0.15, -0.1) is 0 Å². The topological polar surface area (TPSA) is 40.9 Å². The zero-order chi connectivity index (χ0) is 15.6. The fraction of sp³-hybridized carbons (Fsp3) is 0.0667.